The van der Waals surface area contributed by atoms with Gasteiger partial charge < -0.3 is 19.5 Å². The fraction of sp³-hybridized carbons (Fsp3) is 0.412. The SMILES string of the molecule is Cc1cccc(OCC(=O)N2CCNCC2c2nccn2C)c1.Cl. The Bertz CT molecular complexity index is 689. The van der Waals surface area contributed by atoms with Crippen LogP contribution in [-0.4, -0.2) is 46.6 Å². The Labute approximate surface area is 148 Å². The summed E-state index contributed by atoms with van der Waals surface area (Å²) < 4.78 is 7.62. The zero-order valence-corrected chi connectivity index (χ0v) is 14.8. The minimum Gasteiger partial charge on any atom is -0.484 e. The molecule has 0 saturated carbocycles. The van der Waals surface area contributed by atoms with E-state index in [1.165, 1.54) is 0 Å². The van der Waals surface area contributed by atoms with E-state index < -0.39 is 0 Å². The summed E-state index contributed by atoms with van der Waals surface area (Å²) in [6.07, 6.45) is 3.66. The first-order valence-electron chi connectivity index (χ1n) is 7.82. The standard InChI is InChI=1S/C17H22N4O2.ClH/c1-13-4-3-5-14(10-13)23-12-16(22)21-9-6-18-11-15(21)17-19-7-8-20(17)2;/h3-5,7-8,10,15,18H,6,9,11-12H2,1-2H3;1H. The van der Waals surface area contributed by atoms with Crippen molar-refractivity contribution < 1.29 is 9.53 Å². The van der Waals surface area contributed by atoms with E-state index in [9.17, 15) is 4.79 Å². The Morgan fingerprint density at radius 1 is 1.46 bits per heavy atom. The third kappa shape index (κ3) is 4.07. The van der Waals surface area contributed by atoms with Crippen LogP contribution in [0.15, 0.2) is 36.7 Å². The van der Waals surface area contributed by atoms with Crippen LogP contribution >= 0.6 is 12.4 Å². The van der Waals surface area contributed by atoms with Crippen molar-refractivity contribution in [2.45, 2.75) is 13.0 Å². The molecule has 7 heteroatoms. The van der Waals surface area contributed by atoms with E-state index in [0.29, 0.717) is 13.1 Å². The van der Waals surface area contributed by atoms with Crippen LogP contribution in [-0.2, 0) is 11.8 Å². The third-order valence-electron chi connectivity index (χ3n) is 4.07. The molecule has 0 bridgehead atoms. The first-order chi connectivity index (χ1) is 11.1. The molecule has 24 heavy (non-hydrogen) atoms. The molecule has 1 aliphatic rings. The predicted molar refractivity (Wildman–Crippen MR) is 94.5 cm³/mol. The van der Waals surface area contributed by atoms with Crippen LogP contribution in [0.25, 0.3) is 0 Å². The number of aryl methyl sites for hydroxylation is 2. The van der Waals surface area contributed by atoms with E-state index in [1.807, 2.05) is 53.9 Å². The van der Waals surface area contributed by atoms with Crippen LogP contribution < -0.4 is 10.1 Å². The van der Waals surface area contributed by atoms with Crippen molar-refractivity contribution in [3.63, 3.8) is 0 Å². The maximum atomic E-state index is 12.6. The topological polar surface area (TPSA) is 59.4 Å². The zero-order valence-electron chi connectivity index (χ0n) is 13.9. The lowest BCUT2D eigenvalue weighted by molar-refractivity contribution is -0.137. The number of halogens is 1. The van der Waals surface area contributed by atoms with E-state index in [2.05, 4.69) is 10.3 Å². The summed E-state index contributed by atoms with van der Waals surface area (Å²) in [5.74, 6) is 1.60. The largest absolute Gasteiger partial charge is 0.484 e. The van der Waals surface area contributed by atoms with Gasteiger partial charge in [0.2, 0.25) is 0 Å². The van der Waals surface area contributed by atoms with Crippen molar-refractivity contribution in [1.82, 2.24) is 19.8 Å². The van der Waals surface area contributed by atoms with E-state index in [1.54, 1.807) is 6.20 Å². The highest BCUT2D eigenvalue weighted by Gasteiger charge is 2.30. The van der Waals surface area contributed by atoms with E-state index >= 15 is 0 Å². The highest BCUT2D eigenvalue weighted by atomic mass is 35.5. The molecule has 1 aliphatic heterocycles. The number of rotatable bonds is 4. The molecule has 0 spiro atoms. The molecule has 1 N–H and O–H groups in total. The summed E-state index contributed by atoms with van der Waals surface area (Å²) in [5, 5.41) is 3.33. The van der Waals surface area contributed by atoms with Crippen LogP contribution in [0.3, 0.4) is 0 Å². The summed E-state index contributed by atoms with van der Waals surface area (Å²) in [6.45, 7) is 4.21. The van der Waals surface area contributed by atoms with Crippen LogP contribution in [0.4, 0.5) is 0 Å². The second-order valence-corrected chi connectivity index (χ2v) is 5.81. The summed E-state index contributed by atoms with van der Waals surface area (Å²) in [7, 11) is 1.95. The number of amides is 1. The van der Waals surface area contributed by atoms with E-state index in [4.69, 9.17) is 4.74 Å². The number of nitrogens with one attached hydrogen (secondary N) is 1. The van der Waals surface area contributed by atoms with Crippen LogP contribution in [0.5, 0.6) is 5.75 Å². The lowest BCUT2D eigenvalue weighted by Gasteiger charge is -2.35. The number of aromatic nitrogens is 2. The Morgan fingerprint density at radius 3 is 3.00 bits per heavy atom. The second-order valence-electron chi connectivity index (χ2n) is 5.81. The molecule has 0 aliphatic carbocycles. The van der Waals surface area contributed by atoms with Crippen molar-refractivity contribution in [2.75, 3.05) is 26.2 Å². The quantitative estimate of drug-likeness (QED) is 0.911. The number of piperazine rings is 1. The molecule has 1 atom stereocenters. The molecule has 1 aromatic carbocycles. The Morgan fingerprint density at radius 2 is 2.29 bits per heavy atom. The van der Waals surface area contributed by atoms with Crippen LogP contribution in [0.2, 0.25) is 0 Å². The molecule has 1 fully saturated rings. The van der Waals surface area contributed by atoms with Crippen molar-refractivity contribution in [1.29, 1.82) is 0 Å². The van der Waals surface area contributed by atoms with Gasteiger partial charge in [0.1, 0.15) is 17.6 Å². The van der Waals surface area contributed by atoms with Crippen molar-refractivity contribution >= 4 is 18.3 Å². The smallest absolute Gasteiger partial charge is 0.261 e. The first kappa shape index (κ1) is 18.3. The van der Waals surface area contributed by atoms with Gasteiger partial charge in [0.15, 0.2) is 6.61 Å². The van der Waals surface area contributed by atoms with Gasteiger partial charge in [-0.1, -0.05) is 12.1 Å². The maximum Gasteiger partial charge on any atom is 0.261 e. The summed E-state index contributed by atoms with van der Waals surface area (Å²) in [4.78, 5) is 18.9. The number of ether oxygens (including phenoxy) is 1. The average molecular weight is 351 g/mol. The molecule has 0 radical (unpaired) electrons. The second kappa shape index (κ2) is 8.17. The van der Waals surface area contributed by atoms with Gasteiger partial charge in [-0.05, 0) is 24.6 Å². The minimum atomic E-state index is -0.0580. The maximum absolute atomic E-state index is 12.6. The predicted octanol–water partition coefficient (Wildman–Crippen LogP) is 1.70. The van der Waals surface area contributed by atoms with Gasteiger partial charge in [-0.2, -0.15) is 0 Å². The zero-order chi connectivity index (χ0) is 16.2. The molecular formula is C17H23ClN4O2. The number of carbonyl (C=O) groups is 1. The molecule has 1 saturated heterocycles. The lowest BCUT2D eigenvalue weighted by Crippen LogP contribution is -2.50. The van der Waals surface area contributed by atoms with Crippen molar-refractivity contribution in [2.24, 2.45) is 7.05 Å². The average Bonchev–Trinajstić information content (AvgIpc) is 2.98. The molecule has 2 aromatic rings. The molecular weight excluding hydrogens is 328 g/mol. The highest BCUT2D eigenvalue weighted by molar-refractivity contribution is 5.85. The Kier molecular flexibility index (Phi) is 6.23. The molecule has 1 aromatic heterocycles. The minimum absolute atomic E-state index is 0. The fourth-order valence-corrected chi connectivity index (χ4v) is 2.86. The Hall–Kier alpha value is -2.05. The highest BCUT2D eigenvalue weighted by Crippen LogP contribution is 2.21. The fourth-order valence-electron chi connectivity index (χ4n) is 2.86. The van der Waals surface area contributed by atoms with Crippen LogP contribution in [0, 0.1) is 6.92 Å². The van der Waals surface area contributed by atoms with E-state index in [-0.39, 0.29) is 31.0 Å². The number of carbonyl (C=O) groups excluding carboxylic acids is 1. The number of hydrogen-bond donors (Lipinski definition) is 1. The first-order valence-corrected chi connectivity index (χ1v) is 7.82. The van der Waals surface area contributed by atoms with Crippen LogP contribution in [0.1, 0.15) is 17.4 Å². The molecule has 130 valence electrons. The summed E-state index contributed by atoms with van der Waals surface area (Å²) in [5.41, 5.74) is 1.11. The number of imidazole rings is 1. The molecule has 1 unspecified atom stereocenters. The number of benzene rings is 1. The van der Waals surface area contributed by atoms with Gasteiger partial charge in [0.25, 0.3) is 5.91 Å². The number of hydrogen-bond acceptors (Lipinski definition) is 4. The van der Waals surface area contributed by atoms with Crippen molar-refractivity contribution in [3.05, 3.63) is 48.0 Å². The number of nitrogens with zero attached hydrogens (tertiary/aromatic N) is 3. The molecule has 3 rings (SSSR count). The Balaban J connectivity index is 0.00000208. The third-order valence-corrected chi connectivity index (χ3v) is 4.07. The molecule has 1 amide bonds. The van der Waals surface area contributed by atoms with Gasteiger partial charge in [0.05, 0.1) is 0 Å². The normalized spacial score (nSPS) is 17.2. The summed E-state index contributed by atoms with van der Waals surface area (Å²) >= 11 is 0. The van der Waals surface area contributed by atoms with E-state index in [0.717, 1.165) is 23.7 Å². The van der Waals surface area contributed by atoms with Gasteiger partial charge in [-0.25, -0.2) is 4.98 Å². The molecule has 2 heterocycles. The summed E-state index contributed by atoms with van der Waals surface area (Å²) in [6, 6.07) is 7.67. The van der Waals surface area contributed by atoms with Gasteiger partial charge >= 0.3 is 0 Å². The lowest BCUT2D eigenvalue weighted by atomic mass is 10.1. The molecule has 6 nitrogen and oxygen atoms in total. The van der Waals surface area contributed by atoms with Gasteiger partial charge in [-0.3, -0.25) is 4.79 Å². The monoisotopic (exact) mass is 350 g/mol. The van der Waals surface area contributed by atoms with Gasteiger partial charge in [-0.15, -0.1) is 12.4 Å². The van der Waals surface area contributed by atoms with Gasteiger partial charge in [0, 0.05) is 39.1 Å². The van der Waals surface area contributed by atoms with Crippen molar-refractivity contribution in [3.8, 4) is 5.75 Å².